The van der Waals surface area contributed by atoms with Crippen molar-refractivity contribution in [2.75, 3.05) is 6.61 Å². The zero-order valence-electron chi connectivity index (χ0n) is 8.99. The maximum absolute atomic E-state index is 6.05. The van der Waals surface area contributed by atoms with Crippen molar-refractivity contribution < 1.29 is 4.74 Å². The van der Waals surface area contributed by atoms with Crippen LogP contribution in [0, 0.1) is 5.92 Å². The van der Waals surface area contributed by atoms with E-state index in [1.807, 2.05) is 12.3 Å². The van der Waals surface area contributed by atoms with Gasteiger partial charge in [-0.1, -0.05) is 31.6 Å². The monoisotopic (exact) mass is 214 g/mol. The highest BCUT2D eigenvalue weighted by Crippen LogP contribution is 2.26. The smallest absolute Gasteiger partial charge is 0.273 e. The Labute approximate surface area is 89.3 Å². The molecular formula is C10H18N2OS. The highest BCUT2D eigenvalue weighted by Gasteiger charge is 2.16. The van der Waals surface area contributed by atoms with Gasteiger partial charge in [-0.25, -0.2) is 4.98 Å². The van der Waals surface area contributed by atoms with Crippen molar-refractivity contribution in [2.45, 2.75) is 33.2 Å². The first-order chi connectivity index (χ1) is 6.69. The fourth-order valence-electron chi connectivity index (χ4n) is 1.16. The minimum atomic E-state index is 0.0328. The van der Waals surface area contributed by atoms with Crippen LogP contribution in [0.3, 0.4) is 0 Å². The van der Waals surface area contributed by atoms with Crippen LogP contribution in [0.5, 0.6) is 5.19 Å². The summed E-state index contributed by atoms with van der Waals surface area (Å²) >= 11 is 1.52. The van der Waals surface area contributed by atoms with Crippen LogP contribution < -0.4 is 10.5 Å². The summed E-state index contributed by atoms with van der Waals surface area (Å²) in [7, 11) is 0. The van der Waals surface area contributed by atoms with Gasteiger partial charge in [0.2, 0.25) is 0 Å². The second-order valence-electron chi connectivity index (χ2n) is 3.38. The summed E-state index contributed by atoms with van der Waals surface area (Å²) in [6.45, 7) is 6.89. The van der Waals surface area contributed by atoms with Crippen molar-refractivity contribution >= 4 is 11.3 Å². The number of hydrogen-bond donors (Lipinski definition) is 1. The number of aromatic nitrogens is 1. The van der Waals surface area contributed by atoms with Gasteiger partial charge in [-0.2, -0.15) is 0 Å². The largest absolute Gasteiger partial charge is 0.470 e. The molecule has 0 saturated heterocycles. The molecular weight excluding hydrogens is 196 g/mol. The molecule has 1 heterocycles. The van der Waals surface area contributed by atoms with Gasteiger partial charge < -0.3 is 10.5 Å². The first-order valence-electron chi connectivity index (χ1n) is 5.02. The molecule has 2 unspecified atom stereocenters. The van der Waals surface area contributed by atoms with Crippen LogP contribution in [0.4, 0.5) is 0 Å². The van der Waals surface area contributed by atoms with Gasteiger partial charge >= 0.3 is 0 Å². The first kappa shape index (κ1) is 11.5. The van der Waals surface area contributed by atoms with Crippen molar-refractivity contribution in [1.29, 1.82) is 0 Å². The standard InChI is InChI=1S/C10H18N2OS/c1-4-7(3)9(11)8-6-14-10(12-8)13-5-2/h6-7,9H,4-5,11H2,1-3H3. The maximum Gasteiger partial charge on any atom is 0.273 e. The average molecular weight is 214 g/mol. The van der Waals surface area contributed by atoms with E-state index in [4.69, 9.17) is 10.5 Å². The number of rotatable bonds is 5. The third kappa shape index (κ3) is 2.69. The zero-order chi connectivity index (χ0) is 10.6. The summed E-state index contributed by atoms with van der Waals surface area (Å²) in [5.74, 6) is 0.464. The van der Waals surface area contributed by atoms with Crippen LogP contribution in [-0.4, -0.2) is 11.6 Å². The molecule has 1 aromatic heterocycles. The molecule has 2 N–H and O–H groups in total. The van der Waals surface area contributed by atoms with Crippen LogP contribution in [-0.2, 0) is 0 Å². The average Bonchev–Trinajstić information content (AvgIpc) is 2.64. The van der Waals surface area contributed by atoms with Gasteiger partial charge in [0.1, 0.15) is 0 Å². The van der Waals surface area contributed by atoms with Crippen LogP contribution in [0.25, 0.3) is 0 Å². The molecule has 4 heteroatoms. The Morgan fingerprint density at radius 1 is 1.57 bits per heavy atom. The number of nitrogens with two attached hydrogens (primary N) is 1. The molecule has 2 atom stereocenters. The summed E-state index contributed by atoms with van der Waals surface area (Å²) in [5, 5.41) is 2.71. The molecule has 0 aliphatic heterocycles. The lowest BCUT2D eigenvalue weighted by Gasteiger charge is -2.15. The lowest BCUT2D eigenvalue weighted by molar-refractivity contribution is 0.335. The van der Waals surface area contributed by atoms with E-state index in [0.29, 0.717) is 12.5 Å². The predicted octanol–water partition coefficient (Wildman–Crippen LogP) is 2.59. The molecule has 0 fully saturated rings. The molecule has 3 nitrogen and oxygen atoms in total. The topological polar surface area (TPSA) is 48.1 Å². The van der Waals surface area contributed by atoms with Crippen molar-refractivity contribution in [3.63, 3.8) is 0 Å². The minimum Gasteiger partial charge on any atom is -0.470 e. The van der Waals surface area contributed by atoms with Gasteiger partial charge in [-0.05, 0) is 12.8 Å². The molecule has 0 spiro atoms. The fraction of sp³-hybridized carbons (Fsp3) is 0.700. The van der Waals surface area contributed by atoms with Gasteiger partial charge in [0.25, 0.3) is 5.19 Å². The fourth-order valence-corrected chi connectivity index (χ4v) is 1.93. The summed E-state index contributed by atoms with van der Waals surface area (Å²) in [6.07, 6.45) is 1.07. The Hall–Kier alpha value is -0.610. The molecule has 0 amide bonds. The van der Waals surface area contributed by atoms with E-state index < -0.39 is 0 Å². The van der Waals surface area contributed by atoms with Crippen molar-refractivity contribution in [3.8, 4) is 5.19 Å². The van der Waals surface area contributed by atoms with Crippen molar-refractivity contribution in [2.24, 2.45) is 11.7 Å². The molecule has 0 radical (unpaired) electrons. The molecule has 0 aliphatic carbocycles. The Kier molecular flexibility index (Phi) is 4.35. The van der Waals surface area contributed by atoms with Crippen molar-refractivity contribution in [3.05, 3.63) is 11.1 Å². The number of nitrogens with zero attached hydrogens (tertiary/aromatic N) is 1. The third-order valence-electron chi connectivity index (χ3n) is 2.37. The summed E-state index contributed by atoms with van der Waals surface area (Å²) in [6, 6.07) is 0.0328. The molecule has 0 saturated carbocycles. The summed E-state index contributed by atoms with van der Waals surface area (Å²) in [5.41, 5.74) is 7.00. The Morgan fingerprint density at radius 2 is 2.29 bits per heavy atom. The van der Waals surface area contributed by atoms with E-state index in [-0.39, 0.29) is 6.04 Å². The summed E-state index contributed by atoms with van der Waals surface area (Å²) in [4.78, 5) is 4.34. The van der Waals surface area contributed by atoms with Gasteiger partial charge in [-0.15, -0.1) is 0 Å². The number of hydrogen-bond acceptors (Lipinski definition) is 4. The second kappa shape index (κ2) is 5.32. The third-order valence-corrected chi connectivity index (χ3v) is 3.14. The van der Waals surface area contributed by atoms with Gasteiger partial charge in [-0.3, -0.25) is 0 Å². The Morgan fingerprint density at radius 3 is 2.86 bits per heavy atom. The normalized spacial score (nSPS) is 15.1. The van der Waals surface area contributed by atoms with E-state index in [2.05, 4.69) is 18.8 Å². The van der Waals surface area contributed by atoms with Crippen LogP contribution in [0.1, 0.15) is 38.9 Å². The zero-order valence-corrected chi connectivity index (χ0v) is 9.80. The summed E-state index contributed by atoms with van der Waals surface area (Å²) < 4.78 is 5.30. The highest BCUT2D eigenvalue weighted by molar-refractivity contribution is 7.11. The van der Waals surface area contributed by atoms with Crippen LogP contribution in [0.2, 0.25) is 0 Å². The molecule has 14 heavy (non-hydrogen) atoms. The molecule has 1 aromatic rings. The van der Waals surface area contributed by atoms with E-state index >= 15 is 0 Å². The van der Waals surface area contributed by atoms with Crippen LogP contribution >= 0.6 is 11.3 Å². The van der Waals surface area contributed by atoms with E-state index in [9.17, 15) is 0 Å². The number of ether oxygens (including phenoxy) is 1. The SMILES string of the molecule is CCOc1nc(C(N)C(C)CC)cs1. The Balaban J connectivity index is 2.65. The van der Waals surface area contributed by atoms with Crippen molar-refractivity contribution in [1.82, 2.24) is 4.98 Å². The van der Waals surface area contributed by atoms with Gasteiger partial charge in [0.05, 0.1) is 18.3 Å². The number of thiazole rings is 1. The van der Waals surface area contributed by atoms with Gasteiger partial charge in [0, 0.05) is 5.38 Å². The van der Waals surface area contributed by atoms with E-state index in [1.54, 1.807) is 0 Å². The molecule has 1 rings (SSSR count). The minimum absolute atomic E-state index is 0.0328. The highest BCUT2D eigenvalue weighted by atomic mass is 32.1. The van der Waals surface area contributed by atoms with Gasteiger partial charge in [0.15, 0.2) is 0 Å². The molecule has 80 valence electrons. The van der Waals surface area contributed by atoms with E-state index in [0.717, 1.165) is 17.3 Å². The predicted molar refractivity (Wildman–Crippen MR) is 59.7 cm³/mol. The molecule has 0 bridgehead atoms. The Bertz CT molecular complexity index is 275. The van der Waals surface area contributed by atoms with E-state index in [1.165, 1.54) is 11.3 Å². The first-order valence-corrected chi connectivity index (χ1v) is 5.90. The maximum atomic E-state index is 6.05. The lowest BCUT2D eigenvalue weighted by atomic mass is 9.98. The second-order valence-corrected chi connectivity index (χ2v) is 4.20. The molecule has 0 aromatic carbocycles. The molecule has 0 aliphatic rings. The lowest BCUT2D eigenvalue weighted by Crippen LogP contribution is -2.18. The van der Waals surface area contributed by atoms with Crippen LogP contribution in [0.15, 0.2) is 5.38 Å². The quantitative estimate of drug-likeness (QED) is 0.819.